The summed E-state index contributed by atoms with van der Waals surface area (Å²) < 4.78 is 5.66. The minimum Gasteiger partial charge on any atom is -0.488 e. The van der Waals surface area contributed by atoms with Crippen molar-refractivity contribution >= 4 is 11.7 Å². The van der Waals surface area contributed by atoms with E-state index in [1.807, 2.05) is 32.0 Å². The van der Waals surface area contributed by atoms with Gasteiger partial charge in [0.05, 0.1) is 0 Å². The summed E-state index contributed by atoms with van der Waals surface area (Å²) >= 11 is 0. The number of benzene rings is 2. The van der Waals surface area contributed by atoms with Crippen LogP contribution in [0.5, 0.6) is 5.75 Å². The van der Waals surface area contributed by atoms with Crippen LogP contribution in [0.25, 0.3) is 0 Å². The normalized spacial score (nSPS) is 10.3. The number of nitrogens with two attached hydrogens (primary N) is 1. The summed E-state index contributed by atoms with van der Waals surface area (Å²) in [5.74, 6) is -0.719. The summed E-state index contributed by atoms with van der Waals surface area (Å²) in [6.45, 7) is 4.35. The molecule has 0 heterocycles. The molecule has 0 aliphatic heterocycles. The van der Waals surface area contributed by atoms with Crippen LogP contribution < -0.4 is 10.5 Å². The standard InChI is InChI=1S/C16H17NO3/c1-10-4-3-5-11(2)14(10)9-20-15-7-6-12(17)8-13(15)16(18)19/h3-8H,9,17H2,1-2H3,(H,18,19). The van der Waals surface area contributed by atoms with Gasteiger partial charge in [0, 0.05) is 5.69 Å². The Morgan fingerprint density at radius 2 is 1.85 bits per heavy atom. The van der Waals surface area contributed by atoms with Crippen LogP contribution in [0.4, 0.5) is 5.69 Å². The Balaban J connectivity index is 2.25. The molecule has 0 bridgehead atoms. The quantitative estimate of drug-likeness (QED) is 0.838. The van der Waals surface area contributed by atoms with E-state index >= 15 is 0 Å². The van der Waals surface area contributed by atoms with E-state index in [-0.39, 0.29) is 5.56 Å². The molecule has 3 N–H and O–H groups in total. The van der Waals surface area contributed by atoms with Gasteiger partial charge in [0.2, 0.25) is 0 Å². The highest BCUT2D eigenvalue weighted by Gasteiger charge is 2.12. The van der Waals surface area contributed by atoms with Crippen LogP contribution in [-0.4, -0.2) is 11.1 Å². The fourth-order valence-corrected chi connectivity index (χ4v) is 2.07. The van der Waals surface area contributed by atoms with Crippen LogP contribution in [0, 0.1) is 13.8 Å². The third-order valence-corrected chi connectivity index (χ3v) is 3.25. The molecule has 0 spiro atoms. The fraction of sp³-hybridized carbons (Fsp3) is 0.188. The topological polar surface area (TPSA) is 72.5 Å². The number of aryl methyl sites for hydroxylation is 2. The minimum atomic E-state index is -1.05. The molecule has 2 rings (SSSR count). The smallest absolute Gasteiger partial charge is 0.339 e. The predicted octanol–water partition coefficient (Wildman–Crippen LogP) is 3.16. The van der Waals surface area contributed by atoms with Gasteiger partial charge in [0.25, 0.3) is 0 Å². The number of carbonyl (C=O) groups is 1. The molecule has 0 saturated carbocycles. The highest BCUT2D eigenvalue weighted by atomic mass is 16.5. The fourth-order valence-electron chi connectivity index (χ4n) is 2.07. The van der Waals surface area contributed by atoms with Gasteiger partial charge in [-0.3, -0.25) is 0 Å². The average Bonchev–Trinajstić information content (AvgIpc) is 2.39. The van der Waals surface area contributed by atoms with E-state index in [4.69, 9.17) is 15.6 Å². The molecular weight excluding hydrogens is 254 g/mol. The SMILES string of the molecule is Cc1cccc(C)c1COc1ccc(N)cc1C(=O)O. The first-order chi connectivity index (χ1) is 9.49. The number of rotatable bonds is 4. The third kappa shape index (κ3) is 2.91. The van der Waals surface area contributed by atoms with E-state index in [0.29, 0.717) is 18.0 Å². The van der Waals surface area contributed by atoms with Gasteiger partial charge in [-0.2, -0.15) is 0 Å². The second kappa shape index (κ2) is 5.65. The van der Waals surface area contributed by atoms with Crippen molar-refractivity contribution in [3.63, 3.8) is 0 Å². The number of anilines is 1. The maximum Gasteiger partial charge on any atom is 0.339 e. The Hall–Kier alpha value is -2.49. The molecule has 0 aromatic heterocycles. The molecule has 2 aromatic carbocycles. The first-order valence-corrected chi connectivity index (χ1v) is 6.29. The summed E-state index contributed by atoms with van der Waals surface area (Å²) in [5.41, 5.74) is 9.40. The molecule has 0 atom stereocenters. The highest BCUT2D eigenvalue weighted by molar-refractivity contribution is 5.92. The van der Waals surface area contributed by atoms with Crippen molar-refractivity contribution in [3.05, 3.63) is 58.7 Å². The highest BCUT2D eigenvalue weighted by Crippen LogP contribution is 2.24. The zero-order valence-electron chi connectivity index (χ0n) is 11.5. The number of carboxylic acids is 1. The first kappa shape index (κ1) is 13.9. The van der Waals surface area contributed by atoms with Crippen LogP contribution in [0.2, 0.25) is 0 Å². The molecule has 0 aliphatic rings. The van der Waals surface area contributed by atoms with Crippen molar-refractivity contribution in [2.24, 2.45) is 0 Å². The number of ether oxygens (including phenoxy) is 1. The minimum absolute atomic E-state index is 0.0798. The van der Waals surface area contributed by atoms with Gasteiger partial charge in [0.15, 0.2) is 0 Å². The number of aromatic carboxylic acids is 1. The largest absolute Gasteiger partial charge is 0.488 e. The predicted molar refractivity (Wildman–Crippen MR) is 78.1 cm³/mol. The monoisotopic (exact) mass is 271 g/mol. The molecule has 4 nitrogen and oxygen atoms in total. The van der Waals surface area contributed by atoms with Gasteiger partial charge in [0.1, 0.15) is 17.9 Å². The molecule has 0 amide bonds. The van der Waals surface area contributed by atoms with Crippen molar-refractivity contribution in [2.45, 2.75) is 20.5 Å². The summed E-state index contributed by atoms with van der Waals surface area (Å²) in [5, 5.41) is 9.16. The Morgan fingerprint density at radius 1 is 1.20 bits per heavy atom. The summed E-state index contributed by atoms with van der Waals surface area (Å²) in [6.07, 6.45) is 0. The van der Waals surface area contributed by atoms with Crippen LogP contribution in [0.15, 0.2) is 36.4 Å². The zero-order valence-corrected chi connectivity index (χ0v) is 11.5. The number of hydrogen-bond donors (Lipinski definition) is 2. The number of nitrogen functional groups attached to an aromatic ring is 1. The van der Waals surface area contributed by atoms with Gasteiger partial charge in [-0.05, 0) is 48.7 Å². The van der Waals surface area contributed by atoms with Gasteiger partial charge in [-0.1, -0.05) is 18.2 Å². The Bertz CT molecular complexity index is 630. The molecular formula is C16H17NO3. The first-order valence-electron chi connectivity index (χ1n) is 6.29. The van der Waals surface area contributed by atoms with Crippen molar-refractivity contribution in [1.82, 2.24) is 0 Å². The van der Waals surface area contributed by atoms with Crippen LogP contribution in [0.3, 0.4) is 0 Å². The third-order valence-electron chi connectivity index (χ3n) is 3.25. The summed E-state index contributed by atoms with van der Waals surface area (Å²) in [6, 6.07) is 10.6. The lowest BCUT2D eigenvalue weighted by Gasteiger charge is -2.13. The van der Waals surface area contributed by atoms with Gasteiger partial charge >= 0.3 is 5.97 Å². The second-order valence-electron chi connectivity index (χ2n) is 4.72. The number of carboxylic acid groups (broad SMARTS) is 1. The second-order valence-corrected chi connectivity index (χ2v) is 4.72. The Kier molecular flexibility index (Phi) is 3.94. The average molecular weight is 271 g/mol. The van der Waals surface area contributed by atoms with Gasteiger partial charge in [-0.25, -0.2) is 4.79 Å². The Morgan fingerprint density at radius 3 is 2.45 bits per heavy atom. The van der Waals surface area contributed by atoms with E-state index in [1.54, 1.807) is 12.1 Å². The zero-order chi connectivity index (χ0) is 14.7. The molecule has 0 radical (unpaired) electrons. The summed E-state index contributed by atoms with van der Waals surface area (Å²) in [4.78, 5) is 11.2. The lowest BCUT2D eigenvalue weighted by Crippen LogP contribution is -2.06. The van der Waals surface area contributed by atoms with Crippen LogP contribution in [0.1, 0.15) is 27.0 Å². The molecule has 2 aromatic rings. The van der Waals surface area contributed by atoms with Crippen molar-refractivity contribution in [3.8, 4) is 5.75 Å². The molecule has 0 unspecified atom stereocenters. The number of hydrogen-bond acceptors (Lipinski definition) is 3. The maximum atomic E-state index is 11.2. The van der Waals surface area contributed by atoms with Crippen LogP contribution in [-0.2, 0) is 6.61 Å². The molecule has 104 valence electrons. The van der Waals surface area contributed by atoms with Gasteiger partial charge in [-0.15, -0.1) is 0 Å². The van der Waals surface area contributed by atoms with Crippen molar-refractivity contribution in [2.75, 3.05) is 5.73 Å². The van der Waals surface area contributed by atoms with Crippen molar-refractivity contribution < 1.29 is 14.6 Å². The molecule has 4 heteroatoms. The lowest BCUT2D eigenvalue weighted by molar-refractivity contribution is 0.0692. The van der Waals surface area contributed by atoms with Crippen molar-refractivity contribution in [1.29, 1.82) is 0 Å². The molecule has 0 fully saturated rings. The lowest BCUT2D eigenvalue weighted by atomic mass is 10.0. The van der Waals surface area contributed by atoms with Crippen LogP contribution >= 0.6 is 0 Å². The Labute approximate surface area is 117 Å². The van der Waals surface area contributed by atoms with E-state index < -0.39 is 5.97 Å². The molecule has 0 aliphatic carbocycles. The van der Waals surface area contributed by atoms with E-state index in [9.17, 15) is 4.79 Å². The van der Waals surface area contributed by atoms with E-state index in [2.05, 4.69) is 0 Å². The van der Waals surface area contributed by atoms with E-state index in [1.165, 1.54) is 6.07 Å². The van der Waals surface area contributed by atoms with E-state index in [0.717, 1.165) is 16.7 Å². The molecule has 20 heavy (non-hydrogen) atoms. The summed E-state index contributed by atoms with van der Waals surface area (Å²) in [7, 11) is 0. The maximum absolute atomic E-state index is 11.2. The van der Waals surface area contributed by atoms with Gasteiger partial charge < -0.3 is 15.6 Å². The molecule has 0 saturated heterocycles.